The Hall–Kier alpha value is -2.17. The second-order valence-corrected chi connectivity index (χ2v) is 14.4. The highest BCUT2D eigenvalue weighted by molar-refractivity contribution is 5.89. The molecule has 1 aromatic rings. The van der Waals surface area contributed by atoms with E-state index in [1.807, 2.05) is 0 Å². The van der Waals surface area contributed by atoms with Gasteiger partial charge in [0.25, 0.3) is 5.69 Å². The monoisotopic (exact) mass is 535 g/mol. The fraction of sp³-hybridized carbons (Fsp3) is 0.735. The molecule has 0 aromatic heterocycles. The predicted octanol–water partition coefficient (Wildman–Crippen LogP) is 9.16. The molecule has 0 radical (unpaired) electrons. The molecular weight excluding hydrogens is 486 g/mol. The molecule has 0 heterocycles. The molecule has 0 N–H and O–H groups in total. The molecule has 39 heavy (non-hydrogen) atoms. The number of nitrogens with zero attached hydrogens (tertiary/aromatic N) is 1. The summed E-state index contributed by atoms with van der Waals surface area (Å²) < 4.78 is 5.93. The number of carbonyl (C=O) groups excluding carboxylic acids is 1. The first kappa shape index (κ1) is 28.4. The van der Waals surface area contributed by atoms with Crippen molar-refractivity contribution in [1.82, 2.24) is 0 Å². The Balaban J connectivity index is 1.23. The topological polar surface area (TPSA) is 69.4 Å². The van der Waals surface area contributed by atoms with Crippen LogP contribution in [0, 0.1) is 56.5 Å². The maximum atomic E-state index is 12.8. The molecule has 3 fully saturated rings. The highest BCUT2D eigenvalue weighted by atomic mass is 16.6. The largest absolute Gasteiger partial charge is 0.458 e. The van der Waals surface area contributed by atoms with Crippen LogP contribution in [0.25, 0.3) is 0 Å². The number of non-ortho nitro benzene ring substituents is 1. The quantitative estimate of drug-likeness (QED) is 0.144. The molecule has 3 saturated carbocycles. The van der Waals surface area contributed by atoms with Gasteiger partial charge in [0.05, 0.1) is 10.5 Å². The molecule has 0 aliphatic heterocycles. The molecule has 0 bridgehead atoms. The van der Waals surface area contributed by atoms with Gasteiger partial charge < -0.3 is 4.74 Å². The lowest BCUT2D eigenvalue weighted by Crippen LogP contribution is -2.51. The average Bonchev–Trinajstić information content (AvgIpc) is 3.26. The Bertz CT molecular complexity index is 1090. The summed E-state index contributed by atoms with van der Waals surface area (Å²) >= 11 is 0. The average molecular weight is 536 g/mol. The Morgan fingerprint density at radius 1 is 1.03 bits per heavy atom. The zero-order valence-electron chi connectivity index (χ0n) is 24.8. The number of nitro benzene ring substituents is 1. The number of ether oxygens (including phenoxy) is 1. The number of carbonyl (C=O) groups is 1. The Labute approximate surface area is 235 Å². The molecule has 0 amide bonds. The highest BCUT2D eigenvalue weighted by Crippen LogP contribution is 2.67. The summed E-state index contributed by atoms with van der Waals surface area (Å²) in [4.78, 5) is 23.3. The minimum atomic E-state index is -0.450. The lowest BCUT2D eigenvalue weighted by molar-refractivity contribution is -0.384. The van der Waals surface area contributed by atoms with Crippen LogP contribution in [0.4, 0.5) is 5.69 Å². The normalized spacial score (nSPS) is 36.4. The molecule has 0 unspecified atom stereocenters. The molecule has 5 heteroatoms. The van der Waals surface area contributed by atoms with Gasteiger partial charge in [0.2, 0.25) is 0 Å². The van der Waals surface area contributed by atoms with Crippen LogP contribution in [0.5, 0.6) is 0 Å². The first-order valence-corrected chi connectivity index (χ1v) is 15.7. The minimum Gasteiger partial charge on any atom is -0.458 e. The number of nitro groups is 1. The number of esters is 1. The Morgan fingerprint density at radius 3 is 2.46 bits per heavy atom. The van der Waals surface area contributed by atoms with E-state index in [0.29, 0.717) is 11.0 Å². The van der Waals surface area contributed by atoms with E-state index in [9.17, 15) is 14.9 Å². The van der Waals surface area contributed by atoms with Gasteiger partial charge in [-0.05, 0) is 103 Å². The van der Waals surface area contributed by atoms with Crippen LogP contribution in [0.2, 0.25) is 0 Å². The first-order chi connectivity index (χ1) is 18.5. The van der Waals surface area contributed by atoms with E-state index in [1.54, 1.807) is 0 Å². The zero-order valence-corrected chi connectivity index (χ0v) is 24.8. The van der Waals surface area contributed by atoms with Crippen LogP contribution < -0.4 is 0 Å². The number of allylic oxidation sites excluding steroid dienone is 1. The highest BCUT2D eigenvalue weighted by Gasteiger charge is 2.59. The van der Waals surface area contributed by atoms with Crippen molar-refractivity contribution in [3.63, 3.8) is 0 Å². The number of benzene rings is 1. The lowest BCUT2D eigenvalue weighted by atomic mass is 9.47. The number of rotatable bonds is 8. The van der Waals surface area contributed by atoms with E-state index in [0.717, 1.165) is 54.8 Å². The maximum absolute atomic E-state index is 12.8. The van der Waals surface area contributed by atoms with Crippen LogP contribution in [-0.4, -0.2) is 17.0 Å². The van der Waals surface area contributed by atoms with Crippen molar-refractivity contribution in [2.45, 2.75) is 111 Å². The number of hydrogen-bond donors (Lipinski definition) is 0. The van der Waals surface area contributed by atoms with E-state index in [-0.39, 0.29) is 23.2 Å². The van der Waals surface area contributed by atoms with Crippen molar-refractivity contribution in [2.75, 3.05) is 0 Å². The fourth-order valence-corrected chi connectivity index (χ4v) is 9.69. The van der Waals surface area contributed by atoms with Gasteiger partial charge in [-0.3, -0.25) is 10.1 Å². The van der Waals surface area contributed by atoms with Crippen LogP contribution in [-0.2, 0) is 4.74 Å². The van der Waals surface area contributed by atoms with Crippen LogP contribution in [0.1, 0.15) is 116 Å². The molecule has 214 valence electrons. The summed E-state index contributed by atoms with van der Waals surface area (Å²) in [6, 6.07) is 5.73. The number of hydrogen-bond acceptors (Lipinski definition) is 4. The minimum absolute atomic E-state index is 0.0142. The molecular formula is C34H49NO4. The van der Waals surface area contributed by atoms with E-state index >= 15 is 0 Å². The van der Waals surface area contributed by atoms with E-state index < -0.39 is 4.92 Å². The smallest absolute Gasteiger partial charge is 0.338 e. The van der Waals surface area contributed by atoms with Crippen LogP contribution in [0.15, 0.2) is 35.9 Å². The van der Waals surface area contributed by atoms with Gasteiger partial charge in [-0.15, -0.1) is 0 Å². The molecule has 5 rings (SSSR count). The third-order valence-electron chi connectivity index (χ3n) is 11.8. The van der Waals surface area contributed by atoms with Crippen molar-refractivity contribution in [3.8, 4) is 0 Å². The van der Waals surface area contributed by atoms with Crippen molar-refractivity contribution in [1.29, 1.82) is 0 Å². The van der Waals surface area contributed by atoms with Crippen molar-refractivity contribution in [3.05, 3.63) is 51.6 Å². The van der Waals surface area contributed by atoms with Crippen LogP contribution in [0.3, 0.4) is 0 Å². The summed E-state index contributed by atoms with van der Waals surface area (Å²) in [7, 11) is 0. The second-order valence-electron chi connectivity index (χ2n) is 14.4. The van der Waals surface area contributed by atoms with Gasteiger partial charge in [0.1, 0.15) is 6.10 Å². The molecule has 5 nitrogen and oxygen atoms in total. The van der Waals surface area contributed by atoms with Crippen LogP contribution >= 0.6 is 0 Å². The third kappa shape index (κ3) is 5.32. The predicted molar refractivity (Wildman–Crippen MR) is 155 cm³/mol. The van der Waals surface area contributed by atoms with Gasteiger partial charge in [0.15, 0.2) is 0 Å². The summed E-state index contributed by atoms with van der Waals surface area (Å²) in [5.41, 5.74) is 2.60. The molecule has 8 atom stereocenters. The SMILES string of the molecule is CC(C)CCC[C@@H](C)[C@H]1CC[C@@H]2[C@H]3CC=C4C[C@@H](OC(=O)c5ccc([N+](=O)[O-])cc5)CC[C@]4(C)[C@H]3CC[C@@]21C. The maximum Gasteiger partial charge on any atom is 0.338 e. The molecule has 0 spiro atoms. The van der Waals surface area contributed by atoms with E-state index in [4.69, 9.17) is 4.74 Å². The van der Waals surface area contributed by atoms with Gasteiger partial charge in [0, 0.05) is 18.6 Å². The Kier molecular flexibility index (Phi) is 8.01. The summed E-state index contributed by atoms with van der Waals surface area (Å²) in [5, 5.41) is 10.9. The van der Waals surface area contributed by atoms with Crippen molar-refractivity contribution in [2.24, 2.45) is 46.3 Å². The van der Waals surface area contributed by atoms with Gasteiger partial charge in [-0.25, -0.2) is 4.79 Å². The lowest BCUT2D eigenvalue weighted by Gasteiger charge is -2.58. The van der Waals surface area contributed by atoms with Gasteiger partial charge in [-0.1, -0.05) is 65.5 Å². The Morgan fingerprint density at radius 2 is 1.77 bits per heavy atom. The molecule has 4 aliphatic rings. The standard InChI is InChI=1S/C34H49NO4/c1-22(2)7-6-8-23(3)29-15-16-30-28-14-11-25-21-27(17-19-33(25,4)31(28)18-20-34(29,30)5)39-32(36)24-9-12-26(13-10-24)35(37)38/h9-13,22-23,27-31H,6-8,14-21H2,1-5H3/t23-,27+,28-,29-,30-,31+,33+,34-/m1/s1. The van der Waals surface area contributed by atoms with Gasteiger partial charge in [-0.2, -0.15) is 0 Å². The van der Waals surface area contributed by atoms with E-state index in [2.05, 4.69) is 40.7 Å². The first-order valence-electron chi connectivity index (χ1n) is 15.7. The second kappa shape index (κ2) is 11.0. The van der Waals surface area contributed by atoms with E-state index in [1.165, 1.54) is 81.2 Å². The summed E-state index contributed by atoms with van der Waals surface area (Å²) in [6.45, 7) is 12.4. The zero-order chi connectivity index (χ0) is 27.9. The van der Waals surface area contributed by atoms with Crippen molar-refractivity contribution < 1.29 is 14.5 Å². The van der Waals surface area contributed by atoms with Gasteiger partial charge >= 0.3 is 5.97 Å². The number of fused-ring (bicyclic) bond motifs is 5. The fourth-order valence-electron chi connectivity index (χ4n) is 9.69. The third-order valence-corrected chi connectivity index (χ3v) is 11.8. The summed E-state index contributed by atoms with van der Waals surface area (Å²) in [6.07, 6.45) is 16.1. The molecule has 4 aliphatic carbocycles. The molecule has 0 saturated heterocycles. The summed E-state index contributed by atoms with van der Waals surface area (Å²) in [5.74, 6) is 4.54. The molecule has 1 aromatic carbocycles. The van der Waals surface area contributed by atoms with Crippen molar-refractivity contribution >= 4 is 11.7 Å².